The van der Waals surface area contributed by atoms with E-state index in [1.807, 2.05) is 30.5 Å². The molecular weight excluding hydrogens is 366 g/mol. The molecule has 2 atom stereocenters. The van der Waals surface area contributed by atoms with Crippen molar-refractivity contribution in [1.82, 2.24) is 10.3 Å². The first-order chi connectivity index (χ1) is 14.3. The maximum Gasteiger partial charge on any atom is 0.210 e. The molecule has 2 fully saturated rings. The third kappa shape index (κ3) is 4.94. The van der Waals surface area contributed by atoms with E-state index in [4.69, 9.17) is 14.2 Å². The molecule has 0 radical (unpaired) electrons. The average Bonchev–Trinajstić information content (AvgIpc) is 3.45. The Labute approximate surface area is 173 Å². The number of aromatic amines is 1. The topological polar surface area (TPSA) is 58.8 Å². The quantitative estimate of drug-likeness (QED) is 0.631. The number of nitrogens with one attached hydrogen (secondary N) is 2. The van der Waals surface area contributed by atoms with Gasteiger partial charge in [-0.05, 0) is 42.8 Å². The highest BCUT2D eigenvalue weighted by atomic mass is 16.8. The van der Waals surface area contributed by atoms with Crippen molar-refractivity contribution in [2.45, 2.75) is 44.5 Å². The number of anilines is 1. The molecule has 2 saturated heterocycles. The Morgan fingerprint density at radius 3 is 2.69 bits per heavy atom. The molecule has 158 valence electrons. The predicted octanol–water partition coefficient (Wildman–Crippen LogP) is 3.65. The monoisotopic (exact) mass is 399 g/mol. The number of ether oxygens (including phenoxy) is 3. The zero-order valence-corrected chi connectivity index (χ0v) is 17.4. The Hall–Kier alpha value is -2.02. The van der Waals surface area contributed by atoms with Crippen molar-refractivity contribution in [2.75, 3.05) is 44.3 Å². The molecule has 2 unspecified atom stereocenters. The van der Waals surface area contributed by atoms with Gasteiger partial charge in [0.1, 0.15) is 18.5 Å². The smallest absolute Gasteiger partial charge is 0.210 e. The van der Waals surface area contributed by atoms with Crippen molar-refractivity contribution >= 4 is 5.69 Å². The van der Waals surface area contributed by atoms with Crippen molar-refractivity contribution in [1.29, 1.82) is 0 Å². The number of hydrogen-bond acceptors (Lipinski definition) is 5. The predicted molar refractivity (Wildman–Crippen MR) is 114 cm³/mol. The lowest BCUT2D eigenvalue weighted by molar-refractivity contribution is -0.187. The van der Waals surface area contributed by atoms with Gasteiger partial charge in [-0.25, -0.2) is 0 Å². The summed E-state index contributed by atoms with van der Waals surface area (Å²) >= 11 is 0. The van der Waals surface area contributed by atoms with E-state index in [2.05, 4.69) is 34.3 Å². The average molecular weight is 400 g/mol. The van der Waals surface area contributed by atoms with Crippen LogP contribution in [0.15, 0.2) is 42.6 Å². The number of H-pyrrole nitrogens is 1. The summed E-state index contributed by atoms with van der Waals surface area (Å²) < 4.78 is 18.6. The molecule has 0 saturated carbocycles. The van der Waals surface area contributed by atoms with Crippen molar-refractivity contribution < 1.29 is 14.2 Å². The van der Waals surface area contributed by atoms with Crippen LogP contribution in [0.5, 0.6) is 5.75 Å². The largest absolute Gasteiger partial charge is 0.491 e. The third-order valence-electron chi connectivity index (χ3n) is 5.73. The fraction of sp³-hybridized carbons (Fsp3) is 0.565. The van der Waals surface area contributed by atoms with Gasteiger partial charge >= 0.3 is 0 Å². The van der Waals surface area contributed by atoms with Crippen LogP contribution in [0, 0.1) is 0 Å². The number of hydrogen-bond donors (Lipinski definition) is 2. The van der Waals surface area contributed by atoms with E-state index < -0.39 is 5.79 Å². The van der Waals surface area contributed by atoms with Crippen LogP contribution in [0.25, 0.3) is 0 Å². The second-order valence-electron chi connectivity index (χ2n) is 7.89. The van der Waals surface area contributed by atoms with Gasteiger partial charge in [0.25, 0.3) is 0 Å². The molecule has 0 aliphatic carbocycles. The standard InChI is InChI=1S/C23H33N3O3/c1-2-3-4-11-23(22-6-5-12-25-22)28-18-21(29-23)17-27-20-9-7-19(8-10-20)26-15-13-24-14-16-26/h5-10,12,21,24-25H,2-4,11,13-18H2,1H3. The molecular formula is C23H33N3O3. The Balaban J connectivity index is 1.32. The zero-order chi connectivity index (χ0) is 19.9. The summed E-state index contributed by atoms with van der Waals surface area (Å²) in [5, 5.41) is 3.39. The molecule has 6 nitrogen and oxygen atoms in total. The molecule has 2 N–H and O–H groups in total. The first-order valence-corrected chi connectivity index (χ1v) is 10.9. The summed E-state index contributed by atoms with van der Waals surface area (Å²) in [6.45, 7) is 7.42. The van der Waals surface area contributed by atoms with Crippen LogP contribution >= 0.6 is 0 Å². The van der Waals surface area contributed by atoms with E-state index >= 15 is 0 Å². The molecule has 0 bridgehead atoms. The first-order valence-electron chi connectivity index (χ1n) is 10.9. The molecule has 2 aliphatic rings. The SMILES string of the molecule is CCCCCC1(c2ccc[nH]2)OCC(COc2ccc(N3CCNCC3)cc2)O1. The molecule has 1 aromatic carbocycles. The van der Waals surface area contributed by atoms with Crippen molar-refractivity contribution in [3.05, 3.63) is 48.3 Å². The van der Waals surface area contributed by atoms with Gasteiger partial charge in [-0.3, -0.25) is 0 Å². The molecule has 0 spiro atoms. The molecule has 6 heteroatoms. The van der Waals surface area contributed by atoms with Crippen LogP contribution < -0.4 is 15.0 Å². The van der Waals surface area contributed by atoms with Crippen molar-refractivity contribution in [3.63, 3.8) is 0 Å². The van der Waals surface area contributed by atoms with Gasteiger partial charge < -0.3 is 29.4 Å². The van der Waals surface area contributed by atoms with E-state index in [0.29, 0.717) is 13.2 Å². The fourth-order valence-corrected chi connectivity index (χ4v) is 4.09. The van der Waals surface area contributed by atoms with E-state index in [9.17, 15) is 0 Å². The lowest BCUT2D eigenvalue weighted by Gasteiger charge is -2.29. The van der Waals surface area contributed by atoms with Gasteiger partial charge in [0.05, 0.1) is 12.3 Å². The first kappa shape index (κ1) is 20.3. The molecule has 29 heavy (non-hydrogen) atoms. The summed E-state index contributed by atoms with van der Waals surface area (Å²) in [7, 11) is 0. The highest BCUT2D eigenvalue weighted by Crippen LogP contribution is 2.38. The fourth-order valence-electron chi connectivity index (χ4n) is 4.09. The zero-order valence-electron chi connectivity index (χ0n) is 17.4. The molecule has 1 aromatic heterocycles. The number of rotatable bonds is 9. The van der Waals surface area contributed by atoms with E-state index in [1.165, 1.54) is 18.5 Å². The number of nitrogens with zero attached hydrogens (tertiary/aromatic N) is 1. The van der Waals surface area contributed by atoms with Gasteiger partial charge in [0, 0.05) is 44.5 Å². The summed E-state index contributed by atoms with van der Waals surface area (Å²) in [5.41, 5.74) is 2.25. The van der Waals surface area contributed by atoms with Crippen LogP contribution in [0.2, 0.25) is 0 Å². The van der Waals surface area contributed by atoms with Gasteiger partial charge in [-0.1, -0.05) is 19.8 Å². The number of piperazine rings is 1. The minimum absolute atomic E-state index is 0.0761. The lowest BCUT2D eigenvalue weighted by Crippen LogP contribution is -2.43. The van der Waals surface area contributed by atoms with Crippen LogP contribution in [0.3, 0.4) is 0 Å². The van der Waals surface area contributed by atoms with E-state index in [0.717, 1.165) is 50.5 Å². The normalized spacial score (nSPS) is 24.7. The Bertz CT molecular complexity index is 728. The van der Waals surface area contributed by atoms with Crippen molar-refractivity contribution in [2.24, 2.45) is 0 Å². The van der Waals surface area contributed by atoms with Gasteiger partial charge in [-0.2, -0.15) is 0 Å². The van der Waals surface area contributed by atoms with Crippen LogP contribution in [-0.2, 0) is 15.3 Å². The van der Waals surface area contributed by atoms with Crippen LogP contribution in [0.4, 0.5) is 5.69 Å². The highest BCUT2D eigenvalue weighted by Gasteiger charge is 2.43. The Kier molecular flexibility index (Phi) is 6.74. The maximum atomic E-state index is 6.39. The molecule has 2 aromatic rings. The minimum atomic E-state index is -0.668. The maximum absolute atomic E-state index is 6.39. The van der Waals surface area contributed by atoms with Gasteiger partial charge in [-0.15, -0.1) is 0 Å². The van der Waals surface area contributed by atoms with Gasteiger partial charge in [0.15, 0.2) is 0 Å². The number of unbranched alkanes of at least 4 members (excludes halogenated alkanes) is 2. The Morgan fingerprint density at radius 2 is 1.97 bits per heavy atom. The summed E-state index contributed by atoms with van der Waals surface area (Å²) in [6.07, 6.45) is 6.14. The molecule has 3 heterocycles. The third-order valence-corrected chi connectivity index (χ3v) is 5.73. The summed E-state index contributed by atoms with van der Waals surface area (Å²) in [6, 6.07) is 12.4. The summed E-state index contributed by atoms with van der Waals surface area (Å²) in [5.74, 6) is 0.203. The lowest BCUT2D eigenvalue weighted by atomic mass is 10.0. The van der Waals surface area contributed by atoms with Crippen LogP contribution in [0.1, 0.15) is 38.3 Å². The molecule has 2 aliphatic heterocycles. The molecule has 4 rings (SSSR count). The van der Waals surface area contributed by atoms with E-state index in [-0.39, 0.29) is 6.10 Å². The Morgan fingerprint density at radius 1 is 1.14 bits per heavy atom. The number of aromatic nitrogens is 1. The molecule has 0 amide bonds. The second kappa shape index (κ2) is 9.65. The van der Waals surface area contributed by atoms with Crippen LogP contribution in [-0.4, -0.2) is 50.5 Å². The minimum Gasteiger partial charge on any atom is -0.491 e. The van der Waals surface area contributed by atoms with Gasteiger partial charge in [0.2, 0.25) is 5.79 Å². The highest BCUT2D eigenvalue weighted by molar-refractivity contribution is 5.49. The second-order valence-corrected chi connectivity index (χ2v) is 7.89. The van der Waals surface area contributed by atoms with E-state index in [1.54, 1.807) is 0 Å². The number of benzene rings is 1. The summed E-state index contributed by atoms with van der Waals surface area (Å²) in [4.78, 5) is 5.68. The van der Waals surface area contributed by atoms with Crippen molar-refractivity contribution in [3.8, 4) is 5.75 Å².